The van der Waals surface area contributed by atoms with Crippen LogP contribution in [-0.2, 0) is 4.79 Å². The molecule has 0 aliphatic carbocycles. The molecule has 0 aliphatic rings. The van der Waals surface area contributed by atoms with Crippen molar-refractivity contribution >= 4 is 22.9 Å². The van der Waals surface area contributed by atoms with Gasteiger partial charge in [-0.1, -0.05) is 48.5 Å². The molecule has 0 saturated heterocycles. The minimum atomic E-state index is -0.292. The molecule has 0 aliphatic heterocycles. The first-order chi connectivity index (χ1) is 12.5. The Morgan fingerprint density at radius 1 is 1.08 bits per heavy atom. The van der Waals surface area contributed by atoms with Crippen LogP contribution in [0.5, 0.6) is 5.75 Å². The van der Waals surface area contributed by atoms with Gasteiger partial charge in [0.2, 0.25) is 0 Å². The van der Waals surface area contributed by atoms with Gasteiger partial charge in [0.05, 0.1) is 6.21 Å². The molecule has 132 valence electrons. The Hall–Kier alpha value is -3.14. The summed E-state index contributed by atoms with van der Waals surface area (Å²) in [7, 11) is 0. The van der Waals surface area contributed by atoms with E-state index in [2.05, 4.69) is 16.6 Å². The number of aryl methyl sites for hydroxylation is 2. The molecule has 3 rings (SSSR count). The highest BCUT2D eigenvalue weighted by Gasteiger charge is 2.07. The van der Waals surface area contributed by atoms with Crippen LogP contribution in [0.4, 0.5) is 0 Å². The third kappa shape index (κ3) is 4.09. The van der Waals surface area contributed by atoms with Gasteiger partial charge in [-0.05, 0) is 54.3 Å². The van der Waals surface area contributed by atoms with Gasteiger partial charge in [0, 0.05) is 5.56 Å². The lowest BCUT2D eigenvalue weighted by molar-refractivity contribution is -0.123. The summed E-state index contributed by atoms with van der Waals surface area (Å²) in [4.78, 5) is 12.0. The SMILES string of the molecule is Cc1cc(C)c(C)c(OCC(=O)N/N=C/c2cccc3ccccc23)c1. The van der Waals surface area contributed by atoms with E-state index in [-0.39, 0.29) is 12.5 Å². The number of hydrazone groups is 1. The number of hydrogen-bond acceptors (Lipinski definition) is 3. The van der Waals surface area contributed by atoms with Crippen molar-refractivity contribution in [2.75, 3.05) is 6.61 Å². The minimum absolute atomic E-state index is 0.0728. The fourth-order valence-electron chi connectivity index (χ4n) is 2.86. The van der Waals surface area contributed by atoms with Crippen molar-refractivity contribution in [2.45, 2.75) is 20.8 Å². The molecule has 0 saturated carbocycles. The van der Waals surface area contributed by atoms with Crippen molar-refractivity contribution in [3.63, 3.8) is 0 Å². The molecular weight excluding hydrogens is 324 g/mol. The third-order valence-electron chi connectivity index (χ3n) is 4.34. The normalized spacial score (nSPS) is 11.0. The van der Waals surface area contributed by atoms with E-state index in [1.54, 1.807) is 6.21 Å². The van der Waals surface area contributed by atoms with Crippen LogP contribution in [0, 0.1) is 20.8 Å². The zero-order valence-electron chi connectivity index (χ0n) is 15.2. The third-order valence-corrected chi connectivity index (χ3v) is 4.34. The maximum Gasteiger partial charge on any atom is 0.277 e. The van der Waals surface area contributed by atoms with E-state index in [9.17, 15) is 4.79 Å². The summed E-state index contributed by atoms with van der Waals surface area (Å²) in [5.41, 5.74) is 6.77. The number of carbonyl (C=O) groups excluding carboxylic acids is 1. The summed E-state index contributed by atoms with van der Waals surface area (Å²) in [6, 6.07) is 18.1. The predicted octanol–water partition coefficient (Wildman–Crippen LogP) is 4.29. The molecule has 0 spiro atoms. The number of nitrogens with zero attached hydrogens (tertiary/aromatic N) is 1. The molecule has 3 aromatic carbocycles. The summed E-state index contributed by atoms with van der Waals surface area (Å²) >= 11 is 0. The maximum atomic E-state index is 12.0. The Labute approximate surface area is 153 Å². The summed E-state index contributed by atoms with van der Waals surface area (Å²) < 4.78 is 5.65. The van der Waals surface area contributed by atoms with E-state index in [0.717, 1.165) is 38.8 Å². The van der Waals surface area contributed by atoms with E-state index >= 15 is 0 Å². The smallest absolute Gasteiger partial charge is 0.277 e. The summed E-state index contributed by atoms with van der Waals surface area (Å²) in [5.74, 6) is 0.440. The molecule has 0 atom stereocenters. The molecule has 3 aromatic rings. The first-order valence-electron chi connectivity index (χ1n) is 8.55. The Balaban J connectivity index is 1.61. The Morgan fingerprint density at radius 2 is 1.85 bits per heavy atom. The second-order valence-corrected chi connectivity index (χ2v) is 6.36. The highest BCUT2D eigenvalue weighted by Crippen LogP contribution is 2.23. The largest absolute Gasteiger partial charge is 0.483 e. The lowest BCUT2D eigenvalue weighted by Crippen LogP contribution is -2.24. The van der Waals surface area contributed by atoms with Crippen LogP contribution in [0.2, 0.25) is 0 Å². The number of fused-ring (bicyclic) bond motifs is 1. The molecule has 1 N–H and O–H groups in total. The van der Waals surface area contributed by atoms with Gasteiger partial charge in [-0.15, -0.1) is 0 Å². The molecular formula is C22H22N2O2. The van der Waals surface area contributed by atoms with Crippen LogP contribution in [0.3, 0.4) is 0 Å². The average Bonchev–Trinajstić information content (AvgIpc) is 2.63. The van der Waals surface area contributed by atoms with Crippen molar-refractivity contribution in [3.8, 4) is 5.75 Å². The van der Waals surface area contributed by atoms with Crippen LogP contribution < -0.4 is 10.2 Å². The molecule has 26 heavy (non-hydrogen) atoms. The van der Waals surface area contributed by atoms with Gasteiger partial charge >= 0.3 is 0 Å². The average molecular weight is 346 g/mol. The zero-order chi connectivity index (χ0) is 18.5. The number of nitrogens with one attached hydrogen (secondary N) is 1. The monoisotopic (exact) mass is 346 g/mol. The van der Waals surface area contributed by atoms with Crippen molar-refractivity contribution in [1.29, 1.82) is 0 Å². The second-order valence-electron chi connectivity index (χ2n) is 6.36. The number of amides is 1. The number of hydrogen-bond donors (Lipinski definition) is 1. The molecule has 0 radical (unpaired) electrons. The maximum absolute atomic E-state index is 12.0. The number of benzene rings is 3. The van der Waals surface area contributed by atoms with Crippen molar-refractivity contribution in [2.24, 2.45) is 5.10 Å². The zero-order valence-corrected chi connectivity index (χ0v) is 15.2. The molecule has 0 heterocycles. The van der Waals surface area contributed by atoms with Gasteiger partial charge in [-0.25, -0.2) is 5.43 Å². The first kappa shape index (κ1) is 17.7. The first-order valence-corrected chi connectivity index (χ1v) is 8.55. The highest BCUT2D eigenvalue weighted by molar-refractivity contribution is 5.99. The van der Waals surface area contributed by atoms with Crippen LogP contribution >= 0.6 is 0 Å². The number of carbonyl (C=O) groups is 1. The molecule has 0 fully saturated rings. The Kier molecular flexibility index (Phi) is 5.32. The van der Waals surface area contributed by atoms with Gasteiger partial charge in [0.1, 0.15) is 5.75 Å². The van der Waals surface area contributed by atoms with Crippen LogP contribution in [0.1, 0.15) is 22.3 Å². The fraction of sp³-hybridized carbons (Fsp3) is 0.182. The molecule has 0 aromatic heterocycles. The quantitative estimate of drug-likeness (QED) is 0.553. The van der Waals surface area contributed by atoms with Gasteiger partial charge in [-0.2, -0.15) is 5.10 Å². The standard InChI is InChI=1S/C22H22N2O2/c1-15-11-16(2)17(3)21(12-15)26-14-22(25)24-23-13-19-9-6-8-18-7-4-5-10-20(18)19/h4-13H,14H2,1-3H3,(H,24,25)/b23-13+. The van der Waals surface area contributed by atoms with Gasteiger partial charge in [-0.3, -0.25) is 4.79 Å². The molecule has 1 amide bonds. The topological polar surface area (TPSA) is 50.7 Å². The van der Waals surface area contributed by atoms with E-state index in [1.807, 2.05) is 69.3 Å². The summed E-state index contributed by atoms with van der Waals surface area (Å²) in [6.07, 6.45) is 1.66. The fourth-order valence-corrected chi connectivity index (χ4v) is 2.86. The number of ether oxygens (including phenoxy) is 1. The highest BCUT2D eigenvalue weighted by atomic mass is 16.5. The summed E-state index contributed by atoms with van der Waals surface area (Å²) in [6.45, 7) is 5.95. The van der Waals surface area contributed by atoms with E-state index in [0.29, 0.717) is 0 Å². The Bertz CT molecular complexity index is 972. The van der Waals surface area contributed by atoms with Crippen LogP contribution in [0.25, 0.3) is 10.8 Å². The van der Waals surface area contributed by atoms with Crippen LogP contribution in [0.15, 0.2) is 59.7 Å². The van der Waals surface area contributed by atoms with Crippen molar-refractivity contribution in [1.82, 2.24) is 5.43 Å². The van der Waals surface area contributed by atoms with E-state index in [1.165, 1.54) is 0 Å². The van der Waals surface area contributed by atoms with Gasteiger partial charge < -0.3 is 4.74 Å². The molecule has 4 heteroatoms. The van der Waals surface area contributed by atoms with Gasteiger partial charge in [0.25, 0.3) is 5.91 Å². The van der Waals surface area contributed by atoms with Gasteiger partial charge in [0.15, 0.2) is 6.61 Å². The Morgan fingerprint density at radius 3 is 2.69 bits per heavy atom. The van der Waals surface area contributed by atoms with E-state index in [4.69, 9.17) is 4.74 Å². The van der Waals surface area contributed by atoms with Crippen molar-refractivity contribution < 1.29 is 9.53 Å². The lowest BCUT2D eigenvalue weighted by atomic mass is 10.1. The number of rotatable bonds is 5. The molecule has 0 unspecified atom stereocenters. The molecule has 4 nitrogen and oxygen atoms in total. The van der Waals surface area contributed by atoms with E-state index < -0.39 is 0 Å². The predicted molar refractivity (Wildman–Crippen MR) is 106 cm³/mol. The van der Waals surface area contributed by atoms with Crippen molar-refractivity contribution in [3.05, 3.63) is 76.9 Å². The molecule has 0 bridgehead atoms. The second kappa shape index (κ2) is 7.83. The van der Waals surface area contributed by atoms with Crippen LogP contribution in [-0.4, -0.2) is 18.7 Å². The summed E-state index contributed by atoms with van der Waals surface area (Å²) in [5, 5.41) is 6.29. The minimum Gasteiger partial charge on any atom is -0.483 e. The lowest BCUT2D eigenvalue weighted by Gasteiger charge is -2.11.